The average Bonchev–Trinajstić information content (AvgIpc) is 2.86. The smallest absolute Gasteiger partial charge is 0.265 e. The number of rotatable bonds is 4. The molecule has 118 valence electrons. The number of hydrogen-bond donors (Lipinski definition) is 1. The van der Waals surface area contributed by atoms with Crippen molar-refractivity contribution in [1.82, 2.24) is 4.98 Å². The van der Waals surface area contributed by atoms with Gasteiger partial charge < -0.3 is 14.5 Å². The Morgan fingerprint density at radius 3 is 2.83 bits per heavy atom. The molecule has 1 atom stereocenters. The number of aromatic nitrogens is 1. The number of carbonyl (C=O) groups is 1. The standard InChI is InChI=1S/C18H18N2O3/c1-11-5-4-6-15(9-11)22-12(2)18(21)20-14-7-8-17-16(10-14)19-13(3)23-17/h4-10,12H,1-3H3,(H,20,21). The van der Waals surface area contributed by atoms with Crippen LogP contribution in [0.25, 0.3) is 11.1 Å². The van der Waals surface area contributed by atoms with Gasteiger partial charge in [-0.25, -0.2) is 4.98 Å². The largest absolute Gasteiger partial charge is 0.481 e. The Labute approximate surface area is 134 Å². The maximum Gasteiger partial charge on any atom is 0.265 e. The molecule has 0 radical (unpaired) electrons. The molecule has 1 amide bonds. The van der Waals surface area contributed by atoms with E-state index >= 15 is 0 Å². The number of ether oxygens (including phenoxy) is 1. The van der Waals surface area contributed by atoms with Crippen LogP contribution in [0.1, 0.15) is 18.4 Å². The molecule has 0 aliphatic heterocycles. The summed E-state index contributed by atoms with van der Waals surface area (Å²) in [5, 5.41) is 2.83. The number of benzene rings is 2. The number of nitrogens with zero attached hydrogens (tertiary/aromatic N) is 1. The van der Waals surface area contributed by atoms with E-state index in [4.69, 9.17) is 9.15 Å². The summed E-state index contributed by atoms with van der Waals surface area (Å²) in [6, 6.07) is 13.0. The minimum atomic E-state index is -0.605. The number of anilines is 1. The van der Waals surface area contributed by atoms with E-state index in [1.54, 1.807) is 32.0 Å². The van der Waals surface area contributed by atoms with Crippen LogP contribution in [0.2, 0.25) is 0 Å². The third-order valence-electron chi connectivity index (χ3n) is 3.43. The zero-order chi connectivity index (χ0) is 16.4. The van der Waals surface area contributed by atoms with Gasteiger partial charge in [0.25, 0.3) is 5.91 Å². The van der Waals surface area contributed by atoms with Crippen LogP contribution in [-0.2, 0) is 4.79 Å². The summed E-state index contributed by atoms with van der Waals surface area (Å²) < 4.78 is 11.1. The number of nitrogens with one attached hydrogen (secondary N) is 1. The van der Waals surface area contributed by atoms with Crippen LogP contribution in [-0.4, -0.2) is 17.0 Å². The van der Waals surface area contributed by atoms with Crippen molar-refractivity contribution in [2.24, 2.45) is 0 Å². The molecule has 0 aliphatic rings. The Balaban J connectivity index is 1.69. The third kappa shape index (κ3) is 3.51. The Bertz CT molecular complexity index is 854. The summed E-state index contributed by atoms with van der Waals surface area (Å²) in [5.41, 5.74) is 3.16. The van der Waals surface area contributed by atoms with Gasteiger partial charge in [-0.1, -0.05) is 12.1 Å². The lowest BCUT2D eigenvalue weighted by Crippen LogP contribution is -2.30. The Morgan fingerprint density at radius 1 is 1.22 bits per heavy atom. The SMILES string of the molecule is Cc1cccc(OC(C)C(=O)Nc2ccc3oc(C)nc3c2)c1. The van der Waals surface area contributed by atoms with E-state index in [2.05, 4.69) is 10.3 Å². The van der Waals surface area contributed by atoms with Gasteiger partial charge in [0, 0.05) is 12.6 Å². The Morgan fingerprint density at radius 2 is 2.04 bits per heavy atom. The van der Waals surface area contributed by atoms with Gasteiger partial charge in [-0.05, 0) is 49.7 Å². The second-order valence-corrected chi connectivity index (χ2v) is 5.48. The molecule has 0 saturated carbocycles. The monoisotopic (exact) mass is 310 g/mol. The first-order valence-electron chi connectivity index (χ1n) is 7.42. The molecule has 5 nitrogen and oxygen atoms in total. The topological polar surface area (TPSA) is 64.4 Å². The lowest BCUT2D eigenvalue weighted by molar-refractivity contribution is -0.122. The van der Waals surface area contributed by atoms with E-state index in [9.17, 15) is 4.79 Å². The van der Waals surface area contributed by atoms with Crippen molar-refractivity contribution in [3.8, 4) is 5.75 Å². The van der Waals surface area contributed by atoms with Crippen LogP contribution in [0.15, 0.2) is 46.9 Å². The molecule has 1 heterocycles. The number of amides is 1. The second kappa shape index (κ2) is 6.12. The highest BCUT2D eigenvalue weighted by atomic mass is 16.5. The molecule has 0 aliphatic carbocycles. The molecule has 1 unspecified atom stereocenters. The zero-order valence-electron chi connectivity index (χ0n) is 13.3. The van der Waals surface area contributed by atoms with Gasteiger partial charge in [-0.15, -0.1) is 0 Å². The highest BCUT2D eigenvalue weighted by Crippen LogP contribution is 2.20. The van der Waals surface area contributed by atoms with Crippen LogP contribution in [0, 0.1) is 13.8 Å². The fraction of sp³-hybridized carbons (Fsp3) is 0.222. The zero-order valence-corrected chi connectivity index (χ0v) is 13.3. The van der Waals surface area contributed by atoms with Gasteiger partial charge in [-0.3, -0.25) is 4.79 Å². The number of oxazole rings is 1. The first-order chi connectivity index (χ1) is 11.0. The molecule has 0 spiro atoms. The van der Waals surface area contributed by atoms with E-state index in [0.29, 0.717) is 28.4 Å². The molecule has 0 bridgehead atoms. The van der Waals surface area contributed by atoms with Crippen LogP contribution in [0.3, 0.4) is 0 Å². The summed E-state index contributed by atoms with van der Waals surface area (Å²) in [5.74, 6) is 1.06. The van der Waals surface area contributed by atoms with Crippen molar-refractivity contribution < 1.29 is 13.9 Å². The Kier molecular flexibility index (Phi) is 4.02. The quantitative estimate of drug-likeness (QED) is 0.795. The van der Waals surface area contributed by atoms with Crippen molar-refractivity contribution >= 4 is 22.7 Å². The Hall–Kier alpha value is -2.82. The molecule has 3 rings (SSSR count). The van der Waals surface area contributed by atoms with Crippen LogP contribution < -0.4 is 10.1 Å². The number of fused-ring (bicyclic) bond motifs is 1. The van der Waals surface area contributed by atoms with Gasteiger partial charge in [0.15, 0.2) is 17.6 Å². The van der Waals surface area contributed by atoms with Crippen molar-refractivity contribution in [2.75, 3.05) is 5.32 Å². The molecular formula is C18H18N2O3. The average molecular weight is 310 g/mol. The molecule has 0 fully saturated rings. The first-order valence-corrected chi connectivity index (χ1v) is 7.42. The molecule has 1 N–H and O–H groups in total. The minimum Gasteiger partial charge on any atom is -0.481 e. The third-order valence-corrected chi connectivity index (χ3v) is 3.43. The molecule has 23 heavy (non-hydrogen) atoms. The first kappa shape index (κ1) is 15.1. The van der Waals surface area contributed by atoms with Crippen molar-refractivity contribution in [1.29, 1.82) is 0 Å². The fourth-order valence-corrected chi connectivity index (χ4v) is 2.31. The fourth-order valence-electron chi connectivity index (χ4n) is 2.31. The maximum atomic E-state index is 12.3. The van der Waals surface area contributed by atoms with Crippen molar-refractivity contribution in [3.63, 3.8) is 0 Å². The van der Waals surface area contributed by atoms with Crippen molar-refractivity contribution in [3.05, 3.63) is 53.9 Å². The van der Waals surface area contributed by atoms with Crippen LogP contribution in [0.4, 0.5) is 5.69 Å². The second-order valence-electron chi connectivity index (χ2n) is 5.48. The van der Waals surface area contributed by atoms with Gasteiger partial charge in [0.2, 0.25) is 0 Å². The van der Waals surface area contributed by atoms with Gasteiger partial charge in [-0.2, -0.15) is 0 Å². The van der Waals surface area contributed by atoms with Gasteiger partial charge in [0.1, 0.15) is 11.3 Å². The van der Waals surface area contributed by atoms with E-state index in [1.165, 1.54) is 0 Å². The summed E-state index contributed by atoms with van der Waals surface area (Å²) in [6.07, 6.45) is -0.605. The number of hydrogen-bond acceptors (Lipinski definition) is 4. The van der Waals surface area contributed by atoms with Crippen molar-refractivity contribution in [2.45, 2.75) is 26.9 Å². The lowest BCUT2D eigenvalue weighted by atomic mass is 10.2. The molecule has 1 aromatic heterocycles. The predicted molar refractivity (Wildman–Crippen MR) is 88.6 cm³/mol. The molecule has 3 aromatic rings. The van der Waals surface area contributed by atoms with E-state index < -0.39 is 6.10 Å². The molecular weight excluding hydrogens is 292 g/mol. The van der Waals surface area contributed by atoms with Crippen LogP contribution >= 0.6 is 0 Å². The van der Waals surface area contributed by atoms with Crippen LogP contribution in [0.5, 0.6) is 5.75 Å². The lowest BCUT2D eigenvalue weighted by Gasteiger charge is -2.15. The van der Waals surface area contributed by atoms with E-state index in [-0.39, 0.29) is 5.91 Å². The molecule has 0 saturated heterocycles. The summed E-state index contributed by atoms with van der Waals surface area (Å²) in [4.78, 5) is 16.5. The van der Waals surface area contributed by atoms with E-state index in [1.807, 2.05) is 31.2 Å². The summed E-state index contributed by atoms with van der Waals surface area (Å²) in [6.45, 7) is 5.49. The number of aryl methyl sites for hydroxylation is 2. The predicted octanol–water partition coefficient (Wildman–Crippen LogP) is 3.85. The van der Waals surface area contributed by atoms with E-state index in [0.717, 1.165) is 5.56 Å². The molecule has 2 aromatic carbocycles. The normalized spacial score (nSPS) is 12.1. The van der Waals surface area contributed by atoms with Gasteiger partial charge >= 0.3 is 0 Å². The number of carbonyl (C=O) groups excluding carboxylic acids is 1. The maximum absolute atomic E-state index is 12.3. The minimum absolute atomic E-state index is 0.217. The molecule has 5 heteroatoms. The highest BCUT2D eigenvalue weighted by Gasteiger charge is 2.15. The summed E-state index contributed by atoms with van der Waals surface area (Å²) >= 11 is 0. The van der Waals surface area contributed by atoms with Gasteiger partial charge in [0.05, 0.1) is 0 Å². The highest BCUT2D eigenvalue weighted by molar-refractivity contribution is 5.95. The summed E-state index contributed by atoms with van der Waals surface area (Å²) in [7, 11) is 0.